The van der Waals surface area contributed by atoms with Crippen LogP contribution in [0.1, 0.15) is 48.2 Å². The first-order valence-electron chi connectivity index (χ1n) is 7.09. The first-order chi connectivity index (χ1) is 9.25. The van der Waals surface area contributed by atoms with Crippen LogP contribution >= 0.6 is 0 Å². The first-order valence-corrected chi connectivity index (χ1v) is 7.09. The van der Waals surface area contributed by atoms with Gasteiger partial charge < -0.3 is 9.64 Å². The van der Waals surface area contributed by atoms with Crippen LogP contribution in [-0.2, 0) is 4.74 Å². The van der Waals surface area contributed by atoms with Gasteiger partial charge in [0.15, 0.2) is 5.78 Å². The van der Waals surface area contributed by atoms with Crippen molar-refractivity contribution >= 4 is 11.5 Å². The minimum absolute atomic E-state index is 0.0432. The zero-order valence-electron chi connectivity index (χ0n) is 11.4. The lowest BCUT2D eigenvalue weighted by molar-refractivity contribution is 0.101. The minimum atomic E-state index is 0.0432. The van der Waals surface area contributed by atoms with Gasteiger partial charge in [-0.2, -0.15) is 0 Å². The van der Waals surface area contributed by atoms with E-state index in [9.17, 15) is 4.79 Å². The van der Waals surface area contributed by atoms with Crippen molar-refractivity contribution in [3.63, 3.8) is 0 Å². The third-order valence-corrected chi connectivity index (χ3v) is 4.15. The number of carbonyl (C=O) groups excluding carboxylic acids is 1. The number of ketones is 1. The molecule has 4 heteroatoms. The van der Waals surface area contributed by atoms with Gasteiger partial charge in [0.1, 0.15) is 5.69 Å². The molecule has 0 spiro atoms. The number of ether oxygens (including phenoxy) is 1. The SMILES string of the molecule is CC(=O)c1ncc(C2CCC2)cc1N1CCOCC1. The maximum Gasteiger partial charge on any atom is 0.180 e. The number of Topliss-reactive ketones (excluding diaryl/α,β-unsaturated/α-hetero) is 1. The number of morpholine rings is 1. The number of carbonyl (C=O) groups is 1. The van der Waals surface area contributed by atoms with E-state index < -0.39 is 0 Å². The fraction of sp³-hybridized carbons (Fsp3) is 0.600. The van der Waals surface area contributed by atoms with Crippen molar-refractivity contribution in [1.82, 2.24) is 4.98 Å². The third kappa shape index (κ3) is 2.50. The molecule has 1 aliphatic carbocycles. The summed E-state index contributed by atoms with van der Waals surface area (Å²) in [4.78, 5) is 18.4. The quantitative estimate of drug-likeness (QED) is 0.783. The Bertz CT molecular complexity index is 477. The van der Waals surface area contributed by atoms with Gasteiger partial charge in [-0.3, -0.25) is 9.78 Å². The van der Waals surface area contributed by atoms with Crippen molar-refractivity contribution in [1.29, 1.82) is 0 Å². The molecular weight excluding hydrogens is 240 g/mol. The zero-order chi connectivity index (χ0) is 13.2. The molecule has 1 aromatic rings. The molecule has 0 unspecified atom stereocenters. The number of aromatic nitrogens is 1. The second-order valence-electron chi connectivity index (χ2n) is 5.42. The van der Waals surface area contributed by atoms with Crippen molar-refractivity contribution in [2.45, 2.75) is 32.1 Å². The number of pyridine rings is 1. The molecule has 0 amide bonds. The van der Waals surface area contributed by atoms with E-state index in [1.807, 2.05) is 6.20 Å². The number of hydrogen-bond donors (Lipinski definition) is 0. The Morgan fingerprint density at radius 3 is 2.68 bits per heavy atom. The highest BCUT2D eigenvalue weighted by atomic mass is 16.5. The molecule has 4 nitrogen and oxygen atoms in total. The molecule has 19 heavy (non-hydrogen) atoms. The van der Waals surface area contributed by atoms with Crippen LogP contribution in [0.5, 0.6) is 0 Å². The van der Waals surface area contributed by atoms with E-state index in [2.05, 4.69) is 16.0 Å². The number of anilines is 1. The summed E-state index contributed by atoms with van der Waals surface area (Å²) in [5, 5.41) is 0. The Kier molecular flexibility index (Phi) is 3.51. The summed E-state index contributed by atoms with van der Waals surface area (Å²) < 4.78 is 5.38. The average Bonchev–Trinajstić information content (AvgIpc) is 2.37. The van der Waals surface area contributed by atoms with E-state index in [0.717, 1.165) is 32.0 Å². The van der Waals surface area contributed by atoms with E-state index in [4.69, 9.17) is 4.74 Å². The lowest BCUT2D eigenvalue weighted by Gasteiger charge is -2.32. The van der Waals surface area contributed by atoms with Gasteiger partial charge >= 0.3 is 0 Å². The highest BCUT2D eigenvalue weighted by Gasteiger charge is 2.24. The van der Waals surface area contributed by atoms with Gasteiger partial charge in [-0.1, -0.05) is 6.42 Å². The average molecular weight is 260 g/mol. The summed E-state index contributed by atoms with van der Waals surface area (Å²) in [5.74, 6) is 0.690. The van der Waals surface area contributed by atoms with Gasteiger partial charge in [-0.05, 0) is 30.4 Å². The summed E-state index contributed by atoms with van der Waals surface area (Å²) in [6, 6.07) is 2.18. The van der Waals surface area contributed by atoms with Gasteiger partial charge in [-0.15, -0.1) is 0 Å². The Morgan fingerprint density at radius 1 is 1.37 bits per heavy atom. The molecule has 0 bridgehead atoms. The van der Waals surface area contributed by atoms with Crippen LogP contribution in [0.2, 0.25) is 0 Å². The van der Waals surface area contributed by atoms with Crippen LogP contribution in [0.3, 0.4) is 0 Å². The number of rotatable bonds is 3. The number of hydrogen-bond acceptors (Lipinski definition) is 4. The third-order valence-electron chi connectivity index (χ3n) is 4.15. The molecule has 1 aromatic heterocycles. The van der Waals surface area contributed by atoms with E-state index in [1.54, 1.807) is 6.92 Å². The molecule has 3 rings (SSSR count). The topological polar surface area (TPSA) is 42.4 Å². The first kappa shape index (κ1) is 12.6. The van der Waals surface area contributed by atoms with Crippen LogP contribution in [0, 0.1) is 0 Å². The Hall–Kier alpha value is -1.42. The van der Waals surface area contributed by atoms with Crippen molar-refractivity contribution in [3.8, 4) is 0 Å². The summed E-state index contributed by atoms with van der Waals surface area (Å²) in [6.07, 6.45) is 5.71. The summed E-state index contributed by atoms with van der Waals surface area (Å²) in [6.45, 7) is 4.73. The van der Waals surface area contributed by atoms with Gasteiger partial charge in [0.2, 0.25) is 0 Å². The summed E-state index contributed by atoms with van der Waals surface area (Å²) >= 11 is 0. The molecule has 0 atom stereocenters. The van der Waals surface area contributed by atoms with E-state index in [-0.39, 0.29) is 5.78 Å². The molecule has 1 aliphatic heterocycles. The molecule has 2 fully saturated rings. The predicted octanol–water partition coefficient (Wildman–Crippen LogP) is 2.39. The van der Waals surface area contributed by atoms with Crippen molar-refractivity contribution < 1.29 is 9.53 Å². The van der Waals surface area contributed by atoms with Crippen LogP contribution in [0.4, 0.5) is 5.69 Å². The van der Waals surface area contributed by atoms with Gasteiger partial charge in [-0.25, -0.2) is 0 Å². The van der Waals surface area contributed by atoms with E-state index in [1.165, 1.54) is 24.8 Å². The fourth-order valence-corrected chi connectivity index (χ4v) is 2.75. The van der Waals surface area contributed by atoms with Gasteiger partial charge in [0, 0.05) is 26.2 Å². The molecule has 0 aromatic carbocycles. The van der Waals surface area contributed by atoms with Crippen molar-refractivity contribution in [3.05, 3.63) is 23.5 Å². The molecule has 1 saturated heterocycles. The van der Waals surface area contributed by atoms with Crippen LogP contribution in [-0.4, -0.2) is 37.1 Å². The molecule has 0 radical (unpaired) electrons. The van der Waals surface area contributed by atoms with E-state index in [0.29, 0.717) is 11.6 Å². The minimum Gasteiger partial charge on any atom is -0.378 e. The van der Waals surface area contributed by atoms with Crippen molar-refractivity contribution in [2.75, 3.05) is 31.2 Å². The lowest BCUT2D eigenvalue weighted by Crippen LogP contribution is -2.37. The van der Waals surface area contributed by atoms with Gasteiger partial charge in [0.25, 0.3) is 0 Å². The molecule has 2 heterocycles. The fourth-order valence-electron chi connectivity index (χ4n) is 2.75. The summed E-state index contributed by atoms with van der Waals surface area (Å²) in [5.41, 5.74) is 2.89. The second kappa shape index (κ2) is 5.29. The van der Waals surface area contributed by atoms with Gasteiger partial charge in [0.05, 0.1) is 18.9 Å². The Morgan fingerprint density at radius 2 is 2.11 bits per heavy atom. The largest absolute Gasteiger partial charge is 0.378 e. The Balaban J connectivity index is 1.94. The maximum absolute atomic E-state index is 11.8. The molecule has 0 N–H and O–H groups in total. The summed E-state index contributed by atoms with van der Waals surface area (Å²) in [7, 11) is 0. The molecule has 2 aliphatic rings. The smallest absolute Gasteiger partial charge is 0.180 e. The highest BCUT2D eigenvalue weighted by Crippen LogP contribution is 2.37. The van der Waals surface area contributed by atoms with Crippen LogP contribution in [0.15, 0.2) is 12.3 Å². The normalized spacial score (nSPS) is 20.2. The molecular formula is C15H20N2O2. The monoisotopic (exact) mass is 260 g/mol. The highest BCUT2D eigenvalue weighted by molar-refractivity contribution is 5.97. The van der Waals surface area contributed by atoms with E-state index >= 15 is 0 Å². The van der Waals surface area contributed by atoms with Crippen LogP contribution < -0.4 is 4.90 Å². The van der Waals surface area contributed by atoms with Crippen LogP contribution in [0.25, 0.3) is 0 Å². The standard InChI is InChI=1S/C15H20N2O2/c1-11(18)15-14(17-5-7-19-8-6-17)9-13(10-16-15)12-3-2-4-12/h9-10,12H,2-8H2,1H3. The maximum atomic E-state index is 11.8. The number of nitrogens with zero attached hydrogens (tertiary/aromatic N) is 2. The second-order valence-corrected chi connectivity index (χ2v) is 5.42. The van der Waals surface area contributed by atoms with Crippen molar-refractivity contribution in [2.24, 2.45) is 0 Å². The lowest BCUT2D eigenvalue weighted by atomic mass is 9.80. The Labute approximate surface area is 113 Å². The zero-order valence-corrected chi connectivity index (χ0v) is 11.4. The molecule has 102 valence electrons. The molecule has 1 saturated carbocycles. The predicted molar refractivity (Wildman–Crippen MR) is 73.9 cm³/mol.